The number of allylic oxidation sites excluding steroid dienone is 1. The number of amides is 1. The molecule has 0 bridgehead atoms. The van der Waals surface area contributed by atoms with Crippen LogP contribution in [0, 0.1) is 0 Å². The quantitative estimate of drug-likeness (QED) is 0.288. The number of ether oxygens (including phenoxy) is 2. The minimum Gasteiger partial charge on any atom is -0.496 e. The highest BCUT2D eigenvalue weighted by Gasteiger charge is 2.35. The number of fused-ring (bicyclic) bond motifs is 1. The molecule has 0 N–H and O–H groups in total. The molecule has 1 aliphatic heterocycles. The highest BCUT2D eigenvalue weighted by molar-refractivity contribution is 7.07. The number of carbonyl (C=O) groups is 2. The van der Waals surface area contributed by atoms with Gasteiger partial charge in [-0.3, -0.25) is 14.2 Å². The standard InChI is InChI=1S/C32H31N3O6S/c1-6-34(7-2)30(37)27-19(3)33-32-35(28(27)23-13-8-9-14-25(23)39-4)29(36)26(42-32)18-22-15-16-24(41-22)20-11-10-12-21(17-20)31(38)40-5/h8-18,28H,6-7H2,1-5H3/b26-18+/t28-/m0/s1. The molecule has 1 aliphatic rings. The van der Waals surface area contributed by atoms with Gasteiger partial charge in [-0.15, -0.1) is 0 Å². The van der Waals surface area contributed by atoms with Gasteiger partial charge in [0.25, 0.3) is 11.5 Å². The van der Waals surface area contributed by atoms with E-state index in [0.717, 1.165) is 0 Å². The van der Waals surface area contributed by atoms with Crippen LogP contribution < -0.4 is 19.6 Å². The molecule has 5 rings (SSSR count). The highest BCUT2D eigenvalue weighted by Crippen LogP contribution is 2.36. The number of thiazole rings is 1. The Hall–Kier alpha value is -4.70. The summed E-state index contributed by atoms with van der Waals surface area (Å²) in [5.41, 5.74) is 2.50. The minimum atomic E-state index is -0.721. The predicted molar refractivity (Wildman–Crippen MR) is 160 cm³/mol. The Morgan fingerprint density at radius 3 is 2.55 bits per heavy atom. The average molecular weight is 586 g/mol. The molecule has 0 saturated heterocycles. The molecule has 0 aliphatic carbocycles. The van der Waals surface area contributed by atoms with Crippen molar-refractivity contribution in [1.82, 2.24) is 9.47 Å². The van der Waals surface area contributed by atoms with E-state index in [4.69, 9.17) is 18.9 Å². The second kappa shape index (κ2) is 12.0. The van der Waals surface area contributed by atoms with Gasteiger partial charge in [0.05, 0.1) is 35.6 Å². The summed E-state index contributed by atoms with van der Waals surface area (Å²) in [7, 11) is 2.90. The SMILES string of the molecule is CCN(CC)C(=O)C1=C(C)N=c2s/c(=C/c3ccc(-c4cccc(C(=O)OC)c4)o3)c(=O)n2[C@H]1c1ccccc1OC. The first-order chi connectivity index (χ1) is 20.3. The number of para-hydroxylation sites is 1. The molecule has 0 spiro atoms. The van der Waals surface area contributed by atoms with Crippen LogP contribution >= 0.6 is 11.3 Å². The van der Waals surface area contributed by atoms with Crippen LogP contribution in [0.1, 0.15) is 48.5 Å². The van der Waals surface area contributed by atoms with Gasteiger partial charge in [0.1, 0.15) is 23.3 Å². The number of esters is 1. The summed E-state index contributed by atoms with van der Waals surface area (Å²) in [5.74, 6) is 0.957. The van der Waals surface area contributed by atoms with Crippen LogP contribution in [0.2, 0.25) is 0 Å². The molecular formula is C32H31N3O6S. The van der Waals surface area contributed by atoms with E-state index in [2.05, 4.69) is 0 Å². The number of hydrogen-bond acceptors (Lipinski definition) is 8. The number of benzene rings is 2. The van der Waals surface area contributed by atoms with Crippen LogP contribution in [-0.2, 0) is 9.53 Å². The molecule has 42 heavy (non-hydrogen) atoms. The van der Waals surface area contributed by atoms with Crippen LogP contribution in [0.3, 0.4) is 0 Å². The zero-order chi connectivity index (χ0) is 30.0. The van der Waals surface area contributed by atoms with Crippen molar-refractivity contribution in [1.29, 1.82) is 0 Å². The molecule has 2 aromatic heterocycles. The summed E-state index contributed by atoms with van der Waals surface area (Å²) in [5, 5.41) is 0. The monoisotopic (exact) mass is 585 g/mol. The molecule has 3 heterocycles. The van der Waals surface area contributed by atoms with Crippen molar-refractivity contribution in [2.45, 2.75) is 26.8 Å². The maximum Gasteiger partial charge on any atom is 0.337 e. The lowest BCUT2D eigenvalue weighted by Crippen LogP contribution is -2.43. The van der Waals surface area contributed by atoms with E-state index in [1.807, 2.05) is 44.2 Å². The molecule has 4 aromatic rings. The summed E-state index contributed by atoms with van der Waals surface area (Å²) in [4.78, 5) is 46.7. The zero-order valence-electron chi connectivity index (χ0n) is 24.0. The molecule has 1 amide bonds. The number of furan rings is 1. The number of aromatic nitrogens is 1. The number of likely N-dealkylation sites (N-methyl/N-ethyl adjacent to an activating group) is 1. The average Bonchev–Trinajstić information content (AvgIpc) is 3.60. The third-order valence-electron chi connectivity index (χ3n) is 7.20. The van der Waals surface area contributed by atoms with Crippen molar-refractivity contribution in [3.8, 4) is 17.1 Å². The second-order valence-corrected chi connectivity index (χ2v) is 10.6. The fraction of sp³-hybridized carbons (Fsp3) is 0.250. The predicted octanol–water partition coefficient (Wildman–Crippen LogP) is 4.16. The Kier molecular flexibility index (Phi) is 8.26. The van der Waals surface area contributed by atoms with E-state index in [-0.39, 0.29) is 11.5 Å². The normalized spacial score (nSPS) is 14.8. The number of methoxy groups -OCH3 is 2. The lowest BCUT2D eigenvalue weighted by molar-refractivity contribution is -0.127. The third-order valence-corrected chi connectivity index (χ3v) is 8.19. The molecule has 216 valence electrons. The van der Waals surface area contributed by atoms with Crippen molar-refractivity contribution in [3.05, 3.63) is 109 Å². The van der Waals surface area contributed by atoms with Crippen LogP contribution in [0.25, 0.3) is 17.4 Å². The molecule has 0 radical (unpaired) electrons. The van der Waals surface area contributed by atoms with Crippen molar-refractivity contribution >= 4 is 29.3 Å². The summed E-state index contributed by atoms with van der Waals surface area (Å²) >= 11 is 1.23. The summed E-state index contributed by atoms with van der Waals surface area (Å²) in [6.07, 6.45) is 1.67. The fourth-order valence-corrected chi connectivity index (χ4v) is 6.12. The van der Waals surface area contributed by atoms with Gasteiger partial charge in [0.2, 0.25) is 0 Å². The number of hydrogen-bond donors (Lipinski definition) is 0. The molecule has 2 aromatic carbocycles. The van der Waals surface area contributed by atoms with Crippen molar-refractivity contribution in [2.75, 3.05) is 27.3 Å². The molecule has 9 nitrogen and oxygen atoms in total. The Morgan fingerprint density at radius 2 is 1.83 bits per heavy atom. The molecule has 0 saturated carbocycles. The summed E-state index contributed by atoms with van der Waals surface area (Å²) in [6.45, 7) is 6.70. The van der Waals surface area contributed by atoms with Crippen molar-refractivity contribution in [2.24, 2.45) is 4.99 Å². The van der Waals surface area contributed by atoms with E-state index < -0.39 is 12.0 Å². The summed E-state index contributed by atoms with van der Waals surface area (Å²) in [6, 6.07) is 17.2. The van der Waals surface area contributed by atoms with Gasteiger partial charge in [-0.05, 0) is 51.1 Å². The van der Waals surface area contributed by atoms with E-state index in [0.29, 0.717) is 67.7 Å². The molecular weight excluding hydrogens is 554 g/mol. The topological polar surface area (TPSA) is 103 Å². The molecule has 10 heteroatoms. The lowest BCUT2D eigenvalue weighted by atomic mass is 9.94. The molecule has 1 atom stereocenters. The Balaban J connectivity index is 1.64. The van der Waals surface area contributed by atoms with Gasteiger partial charge in [-0.1, -0.05) is 41.7 Å². The van der Waals surface area contributed by atoms with E-state index in [9.17, 15) is 14.4 Å². The largest absolute Gasteiger partial charge is 0.496 e. The highest BCUT2D eigenvalue weighted by atomic mass is 32.1. The zero-order valence-corrected chi connectivity index (χ0v) is 24.9. The van der Waals surface area contributed by atoms with Crippen LogP contribution in [-0.4, -0.2) is 48.7 Å². The van der Waals surface area contributed by atoms with Gasteiger partial charge >= 0.3 is 5.97 Å². The lowest BCUT2D eigenvalue weighted by Gasteiger charge is -2.29. The first-order valence-electron chi connectivity index (χ1n) is 13.5. The number of nitrogens with zero attached hydrogens (tertiary/aromatic N) is 3. The van der Waals surface area contributed by atoms with E-state index >= 15 is 0 Å². The van der Waals surface area contributed by atoms with Crippen molar-refractivity contribution in [3.63, 3.8) is 0 Å². The van der Waals surface area contributed by atoms with Gasteiger partial charge in [0, 0.05) is 30.3 Å². The van der Waals surface area contributed by atoms with Crippen LogP contribution in [0.15, 0.2) is 86.1 Å². The summed E-state index contributed by atoms with van der Waals surface area (Å²) < 4.78 is 18.5. The van der Waals surface area contributed by atoms with Gasteiger partial charge in [-0.25, -0.2) is 9.79 Å². The Bertz CT molecular complexity index is 1880. The fourth-order valence-electron chi connectivity index (χ4n) is 5.09. The van der Waals surface area contributed by atoms with E-state index in [1.54, 1.807) is 59.9 Å². The van der Waals surface area contributed by atoms with Crippen molar-refractivity contribution < 1.29 is 23.5 Å². The molecule has 0 unspecified atom stereocenters. The number of carbonyl (C=O) groups excluding carboxylic acids is 2. The first kappa shape index (κ1) is 28.8. The third kappa shape index (κ3) is 5.21. The Morgan fingerprint density at radius 1 is 1.07 bits per heavy atom. The second-order valence-electron chi connectivity index (χ2n) is 9.58. The minimum absolute atomic E-state index is 0.170. The smallest absolute Gasteiger partial charge is 0.337 e. The first-order valence-corrected chi connectivity index (χ1v) is 14.4. The van der Waals surface area contributed by atoms with Gasteiger partial charge in [0.15, 0.2) is 4.80 Å². The maximum atomic E-state index is 14.0. The van der Waals surface area contributed by atoms with Crippen LogP contribution in [0.5, 0.6) is 5.75 Å². The van der Waals surface area contributed by atoms with Crippen LogP contribution in [0.4, 0.5) is 0 Å². The van der Waals surface area contributed by atoms with Gasteiger partial charge in [-0.2, -0.15) is 0 Å². The van der Waals surface area contributed by atoms with E-state index in [1.165, 1.54) is 18.4 Å². The number of rotatable bonds is 8. The van der Waals surface area contributed by atoms with Gasteiger partial charge < -0.3 is 18.8 Å². The Labute approximate surface area is 246 Å². The maximum absolute atomic E-state index is 14.0. The molecule has 0 fully saturated rings.